The van der Waals surface area contributed by atoms with Gasteiger partial charge >= 0.3 is 5.97 Å². The lowest BCUT2D eigenvalue weighted by molar-refractivity contribution is -0.0228. The van der Waals surface area contributed by atoms with Crippen LogP contribution in [-0.2, 0) is 4.74 Å². The molecular formula is C18H16FNO4. The van der Waals surface area contributed by atoms with Gasteiger partial charge in [0.1, 0.15) is 11.9 Å². The highest BCUT2D eigenvalue weighted by Gasteiger charge is 2.26. The van der Waals surface area contributed by atoms with Crippen LogP contribution in [0.2, 0.25) is 0 Å². The quantitative estimate of drug-likeness (QED) is 0.940. The summed E-state index contributed by atoms with van der Waals surface area (Å²) in [6.07, 6.45) is -0.328. The molecule has 3 rings (SSSR count). The minimum atomic E-state index is -1.07. The smallest absolute Gasteiger partial charge is 0.335 e. The van der Waals surface area contributed by atoms with Crippen LogP contribution >= 0.6 is 0 Å². The molecule has 1 fully saturated rings. The Morgan fingerprint density at radius 1 is 1.12 bits per heavy atom. The van der Waals surface area contributed by atoms with Gasteiger partial charge in [-0.05, 0) is 35.9 Å². The Balaban J connectivity index is 1.76. The molecule has 1 N–H and O–H groups in total. The molecule has 1 aliphatic rings. The predicted octanol–water partition coefficient (Wildman–Crippen LogP) is 2.74. The average Bonchev–Trinajstić information content (AvgIpc) is 2.62. The van der Waals surface area contributed by atoms with Gasteiger partial charge in [-0.25, -0.2) is 9.18 Å². The Kier molecular flexibility index (Phi) is 4.57. The van der Waals surface area contributed by atoms with Crippen molar-refractivity contribution in [1.82, 2.24) is 4.90 Å². The van der Waals surface area contributed by atoms with E-state index in [4.69, 9.17) is 9.84 Å². The van der Waals surface area contributed by atoms with Gasteiger partial charge in [0.05, 0.1) is 18.7 Å². The third-order valence-corrected chi connectivity index (χ3v) is 3.95. The Labute approximate surface area is 138 Å². The largest absolute Gasteiger partial charge is 0.478 e. The number of rotatable bonds is 3. The van der Waals surface area contributed by atoms with E-state index >= 15 is 0 Å². The lowest BCUT2D eigenvalue weighted by Gasteiger charge is -2.33. The van der Waals surface area contributed by atoms with Gasteiger partial charge in [-0.2, -0.15) is 0 Å². The maximum Gasteiger partial charge on any atom is 0.335 e. The van der Waals surface area contributed by atoms with Crippen molar-refractivity contribution in [2.45, 2.75) is 6.10 Å². The number of amides is 1. The van der Waals surface area contributed by atoms with Gasteiger partial charge < -0.3 is 14.7 Å². The van der Waals surface area contributed by atoms with E-state index in [0.29, 0.717) is 25.3 Å². The van der Waals surface area contributed by atoms with Crippen molar-refractivity contribution in [1.29, 1.82) is 0 Å². The summed E-state index contributed by atoms with van der Waals surface area (Å²) in [5.74, 6) is -1.64. The molecule has 1 heterocycles. The van der Waals surface area contributed by atoms with Crippen molar-refractivity contribution in [3.63, 3.8) is 0 Å². The first kappa shape index (κ1) is 16.1. The van der Waals surface area contributed by atoms with Crippen molar-refractivity contribution in [3.8, 4) is 0 Å². The van der Waals surface area contributed by atoms with E-state index in [1.54, 1.807) is 29.2 Å². The summed E-state index contributed by atoms with van der Waals surface area (Å²) >= 11 is 0. The molecule has 0 bridgehead atoms. The van der Waals surface area contributed by atoms with E-state index in [9.17, 15) is 14.0 Å². The Hall–Kier alpha value is -2.73. The summed E-state index contributed by atoms with van der Waals surface area (Å²) < 4.78 is 18.7. The summed E-state index contributed by atoms with van der Waals surface area (Å²) in [6, 6.07) is 11.9. The van der Waals surface area contributed by atoms with Crippen LogP contribution in [0.25, 0.3) is 0 Å². The molecule has 2 aromatic rings. The number of halogens is 1. The van der Waals surface area contributed by atoms with Gasteiger partial charge in [0.25, 0.3) is 5.91 Å². The predicted molar refractivity (Wildman–Crippen MR) is 84.4 cm³/mol. The van der Waals surface area contributed by atoms with Crippen molar-refractivity contribution < 1.29 is 23.8 Å². The summed E-state index contributed by atoms with van der Waals surface area (Å²) in [6.45, 7) is 1.13. The van der Waals surface area contributed by atoms with Gasteiger partial charge in [0.2, 0.25) is 0 Å². The van der Waals surface area contributed by atoms with Crippen LogP contribution in [0, 0.1) is 5.82 Å². The number of hydrogen-bond donors (Lipinski definition) is 1. The number of hydrogen-bond acceptors (Lipinski definition) is 3. The van der Waals surface area contributed by atoms with Crippen LogP contribution < -0.4 is 0 Å². The highest BCUT2D eigenvalue weighted by atomic mass is 19.1. The second kappa shape index (κ2) is 6.80. The number of carboxylic acids is 1. The third-order valence-electron chi connectivity index (χ3n) is 3.95. The monoisotopic (exact) mass is 329 g/mol. The molecule has 1 atom stereocenters. The van der Waals surface area contributed by atoms with Gasteiger partial charge in [-0.3, -0.25) is 4.79 Å². The van der Waals surface area contributed by atoms with E-state index < -0.39 is 5.97 Å². The van der Waals surface area contributed by atoms with Crippen molar-refractivity contribution >= 4 is 11.9 Å². The van der Waals surface area contributed by atoms with Crippen molar-refractivity contribution in [3.05, 3.63) is 71.0 Å². The maximum absolute atomic E-state index is 13.0. The third kappa shape index (κ3) is 3.44. The number of aromatic carboxylic acids is 1. The zero-order valence-electron chi connectivity index (χ0n) is 12.8. The normalized spacial score (nSPS) is 17.5. The number of nitrogens with zero attached hydrogens (tertiary/aromatic N) is 1. The molecule has 0 radical (unpaired) electrons. The molecule has 1 saturated heterocycles. The molecule has 24 heavy (non-hydrogen) atoms. The van der Waals surface area contributed by atoms with E-state index in [1.807, 2.05) is 0 Å². The number of carboxylic acid groups (broad SMARTS) is 1. The van der Waals surface area contributed by atoms with Crippen LogP contribution in [0.4, 0.5) is 4.39 Å². The molecule has 1 amide bonds. The summed E-state index contributed by atoms with van der Waals surface area (Å²) in [5.41, 5.74) is 1.20. The second-order valence-electron chi connectivity index (χ2n) is 5.55. The number of carbonyl (C=O) groups excluding carboxylic acids is 1. The van der Waals surface area contributed by atoms with E-state index in [2.05, 4.69) is 0 Å². The standard InChI is InChI=1S/C18H16FNO4/c19-15-6-4-12(5-7-15)16-11-20(8-9-24-16)17(21)13-2-1-3-14(10-13)18(22)23/h1-7,10,16H,8-9,11H2,(H,22,23). The number of benzene rings is 2. The lowest BCUT2D eigenvalue weighted by atomic mass is 10.1. The van der Waals surface area contributed by atoms with Crippen LogP contribution in [0.1, 0.15) is 32.4 Å². The fourth-order valence-corrected chi connectivity index (χ4v) is 2.68. The van der Waals surface area contributed by atoms with Gasteiger partial charge in [-0.1, -0.05) is 18.2 Å². The van der Waals surface area contributed by atoms with Crippen LogP contribution in [0.5, 0.6) is 0 Å². The minimum absolute atomic E-state index is 0.0733. The lowest BCUT2D eigenvalue weighted by Crippen LogP contribution is -2.42. The molecule has 2 aromatic carbocycles. The summed E-state index contributed by atoms with van der Waals surface area (Å²) in [4.78, 5) is 25.3. The molecule has 0 aliphatic carbocycles. The Morgan fingerprint density at radius 2 is 1.83 bits per heavy atom. The fraction of sp³-hybridized carbons (Fsp3) is 0.222. The molecular weight excluding hydrogens is 313 g/mol. The maximum atomic E-state index is 13.0. The number of ether oxygens (including phenoxy) is 1. The number of morpholine rings is 1. The topological polar surface area (TPSA) is 66.8 Å². The molecule has 124 valence electrons. The minimum Gasteiger partial charge on any atom is -0.478 e. The first-order chi connectivity index (χ1) is 11.5. The van der Waals surface area contributed by atoms with Crippen LogP contribution in [0.3, 0.4) is 0 Å². The summed E-state index contributed by atoms with van der Waals surface area (Å²) in [5, 5.41) is 9.04. The van der Waals surface area contributed by atoms with Crippen molar-refractivity contribution in [2.75, 3.05) is 19.7 Å². The van der Waals surface area contributed by atoms with Gasteiger partial charge in [0, 0.05) is 12.1 Å². The molecule has 6 heteroatoms. The van der Waals surface area contributed by atoms with E-state index in [-0.39, 0.29) is 23.4 Å². The van der Waals surface area contributed by atoms with Gasteiger partial charge in [-0.15, -0.1) is 0 Å². The molecule has 5 nitrogen and oxygen atoms in total. The Morgan fingerprint density at radius 3 is 2.54 bits per heavy atom. The highest BCUT2D eigenvalue weighted by Crippen LogP contribution is 2.23. The fourth-order valence-electron chi connectivity index (χ4n) is 2.68. The molecule has 0 saturated carbocycles. The van der Waals surface area contributed by atoms with E-state index in [0.717, 1.165) is 5.56 Å². The van der Waals surface area contributed by atoms with Crippen LogP contribution in [0.15, 0.2) is 48.5 Å². The van der Waals surface area contributed by atoms with Gasteiger partial charge in [0.15, 0.2) is 0 Å². The van der Waals surface area contributed by atoms with Crippen LogP contribution in [-0.4, -0.2) is 41.6 Å². The second-order valence-corrected chi connectivity index (χ2v) is 5.55. The zero-order valence-corrected chi connectivity index (χ0v) is 12.8. The zero-order chi connectivity index (χ0) is 17.1. The molecule has 0 spiro atoms. The molecule has 1 unspecified atom stereocenters. The molecule has 0 aromatic heterocycles. The number of carbonyl (C=O) groups is 2. The first-order valence-corrected chi connectivity index (χ1v) is 7.54. The van der Waals surface area contributed by atoms with Crippen molar-refractivity contribution in [2.24, 2.45) is 0 Å². The SMILES string of the molecule is O=C(O)c1cccc(C(=O)N2CCOC(c3ccc(F)cc3)C2)c1. The molecule has 1 aliphatic heterocycles. The highest BCUT2D eigenvalue weighted by molar-refractivity contribution is 5.97. The Bertz CT molecular complexity index is 760. The average molecular weight is 329 g/mol. The first-order valence-electron chi connectivity index (χ1n) is 7.54. The summed E-state index contributed by atoms with van der Waals surface area (Å²) in [7, 11) is 0. The van der Waals surface area contributed by atoms with E-state index in [1.165, 1.54) is 24.3 Å².